The molecule has 0 radical (unpaired) electrons. The van der Waals surface area contributed by atoms with Gasteiger partial charge in [0.2, 0.25) is 0 Å². The molecule has 1 aromatic rings. The third-order valence-electron chi connectivity index (χ3n) is 1.29. The van der Waals surface area contributed by atoms with Gasteiger partial charge in [-0.25, -0.2) is 0 Å². The summed E-state index contributed by atoms with van der Waals surface area (Å²) in [5.41, 5.74) is 0.864. The van der Waals surface area contributed by atoms with Crippen LogP contribution in [0.3, 0.4) is 0 Å². The number of aromatic hydroxyl groups is 1. The van der Waals surface area contributed by atoms with E-state index in [9.17, 15) is 4.79 Å². The van der Waals surface area contributed by atoms with Crippen molar-refractivity contribution in [1.29, 1.82) is 0 Å². The molecule has 2 nitrogen and oxygen atoms in total. The van der Waals surface area contributed by atoms with E-state index < -0.39 is 0 Å². The van der Waals surface area contributed by atoms with Crippen molar-refractivity contribution in [2.24, 2.45) is 0 Å². The van der Waals surface area contributed by atoms with E-state index in [0.29, 0.717) is 6.42 Å². The maximum Gasteiger partial charge on any atom is 0.190 e. The molecule has 0 atom stereocenters. The highest BCUT2D eigenvalue weighted by molar-refractivity contribution is 7.96. The molecule has 0 saturated heterocycles. The van der Waals surface area contributed by atoms with E-state index >= 15 is 0 Å². The summed E-state index contributed by atoms with van der Waals surface area (Å²) >= 11 is 3.63. The van der Waals surface area contributed by atoms with E-state index in [0.717, 1.165) is 5.56 Å². The summed E-state index contributed by atoms with van der Waals surface area (Å²) < 4.78 is 0. The molecule has 0 bridgehead atoms. The van der Waals surface area contributed by atoms with Crippen molar-refractivity contribution in [2.45, 2.75) is 6.42 Å². The lowest BCUT2D eigenvalue weighted by molar-refractivity contribution is -0.110. The molecule has 1 N–H and O–H groups in total. The van der Waals surface area contributed by atoms with E-state index in [1.165, 1.54) is 0 Å². The van der Waals surface area contributed by atoms with Crippen molar-refractivity contribution in [1.82, 2.24) is 0 Å². The second-order valence-corrected chi connectivity index (χ2v) is 2.74. The molecular weight excluding hydrogens is 160 g/mol. The Labute approximate surface area is 70.3 Å². The minimum Gasteiger partial charge on any atom is -0.508 e. The second kappa shape index (κ2) is 3.44. The van der Waals surface area contributed by atoms with Crippen LogP contribution in [0.15, 0.2) is 24.3 Å². The predicted octanol–water partition coefficient (Wildman–Crippen LogP) is 1.39. The molecule has 58 valence electrons. The van der Waals surface area contributed by atoms with Crippen LogP contribution >= 0.6 is 12.6 Å². The molecule has 1 rings (SSSR count). The summed E-state index contributed by atoms with van der Waals surface area (Å²) in [6.45, 7) is 0. The highest BCUT2D eigenvalue weighted by Gasteiger charge is 1.96. The molecule has 0 heterocycles. The van der Waals surface area contributed by atoms with Gasteiger partial charge in [0.15, 0.2) is 5.12 Å². The molecule has 0 aromatic heterocycles. The van der Waals surface area contributed by atoms with Gasteiger partial charge in [-0.1, -0.05) is 12.1 Å². The average molecular weight is 168 g/mol. The number of rotatable bonds is 2. The summed E-state index contributed by atoms with van der Waals surface area (Å²) in [7, 11) is 0. The standard InChI is InChI=1S/C8H8O2S/c9-7-3-1-6(2-4-7)5-8(10)11/h1-4,9H,5H2,(H,10,11). The van der Waals surface area contributed by atoms with Crippen LogP contribution in [0.5, 0.6) is 5.75 Å². The van der Waals surface area contributed by atoms with E-state index in [1.807, 2.05) is 0 Å². The number of phenolic OH excluding ortho intramolecular Hbond substituents is 1. The Hall–Kier alpha value is -0.960. The first-order valence-corrected chi connectivity index (χ1v) is 3.63. The van der Waals surface area contributed by atoms with Gasteiger partial charge in [0, 0.05) is 6.42 Å². The molecule has 1 aromatic carbocycles. The van der Waals surface area contributed by atoms with Crippen LogP contribution in [-0.2, 0) is 11.2 Å². The summed E-state index contributed by atoms with van der Waals surface area (Å²) in [5.74, 6) is 0.209. The summed E-state index contributed by atoms with van der Waals surface area (Å²) in [4.78, 5) is 10.5. The van der Waals surface area contributed by atoms with Gasteiger partial charge in [0.25, 0.3) is 0 Å². The Morgan fingerprint density at radius 1 is 1.36 bits per heavy atom. The van der Waals surface area contributed by atoms with Crippen molar-refractivity contribution < 1.29 is 9.90 Å². The van der Waals surface area contributed by atoms with Gasteiger partial charge >= 0.3 is 0 Å². The predicted molar refractivity (Wildman–Crippen MR) is 45.8 cm³/mol. The maximum absolute atomic E-state index is 10.5. The van der Waals surface area contributed by atoms with Crippen molar-refractivity contribution in [3.8, 4) is 5.75 Å². The van der Waals surface area contributed by atoms with Gasteiger partial charge in [-0.05, 0) is 17.7 Å². The van der Waals surface area contributed by atoms with Crippen molar-refractivity contribution in [3.63, 3.8) is 0 Å². The molecule has 0 spiro atoms. The molecule has 0 fully saturated rings. The number of hydrogen-bond donors (Lipinski definition) is 2. The monoisotopic (exact) mass is 168 g/mol. The minimum absolute atomic E-state index is 0.171. The van der Waals surface area contributed by atoms with Crippen LogP contribution in [0, 0.1) is 0 Å². The normalized spacial score (nSPS) is 9.55. The second-order valence-electron chi connectivity index (χ2n) is 2.24. The van der Waals surface area contributed by atoms with Crippen LogP contribution in [0.2, 0.25) is 0 Å². The number of carbonyl (C=O) groups excluding carboxylic acids is 1. The fourth-order valence-corrected chi connectivity index (χ4v) is 0.971. The van der Waals surface area contributed by atoms with E-state index in [1.54, 1.807) is 24.3 Å². The number of hydrogen-bond acceptors (Lipinski definition) is 2. The van der Waals surface area contributed by atoms with Crippen molar-refractivity contribution in [3.05, 3.63) is 29.8 Å². The highest BCUT2D eigenvalue weighted by Crippen LogP contribution is 2.10. The molecule has 11 heavy (non-hydrogen) atoms. The molecule has 0 aliphatic rings. The smallest absolute Gasteiger partial charge is 0.190 e. The summed E-state index contributed by atoms with van der Waals surface area (Å²) in [6.07, 6.45) is 0.309. The highest BCUT2D eigenvalue weighted by atomic mass is 32.1. The van der Waals surface area contributed by atoms with E-state index in [2.05, 4.69) is 12.6 Å². The van der Waals surface area contributed by atoms with Crippen molar-refractivity contribution >= 4 is 17.7 Å². The quantitative estimate of drug-likeness (QED) is 0.655. The lowest BCUT2D eigenvalue weighted by atomic mass is 10.2. The third-order valence-corrected chi connectivity index (χ3v) is 1.45. The van der Waals surface area contributed by atoms with Crippen LogP contribution in [0.1, 0.15) is 5.56 Å². The molecule has 0 aliphatic carbocycles. The molecular formula is C8H8O2S. The third kappa shape index (κ3) is 2.63. The van der Waals surface area contributed by atoms with Crippen LogP contribution in [0.4, 0.5) is 0 Å². The first kappa shape index (κ1) is 8.14. The first-order chi connectivity index (χ1) is 5.18. The van der Waals surface area contributed by atoms with Gasteiger partial charge in [-0.15, -0.1) is 12.6 Å². The lowest BCUT2D eigenvalue weighted by Crippen LogP contribution is -1.91. The molecule has 3 heteroatoms. The fourth-order valence-electron chi connectivity index (χ4n) is 0.788. The summed E-state index contributed by atoms with van der Waals surface area (Å²) in [5, 5.41) is 8.72. The minimum atomic E-state index is -0.171. The Balaban J connectivity index is 2.74. The van der Waals surface area contributed by atoms with Crippen LogP contribution < -0.4 is 0 Å². The zero-order valence-electron chi connectivity index (χ0n) is 5.82. The number of phenols is 1. The molecule has 0 amide bonds. The maximum atomic E-state index is 10.5. The SMILES string of the molecule is O=C(S)Cc1ccc(O)cc1. The number of thiol groups is 1. The lowest BCUT2D eigenvalue weighted by Gasteiger charge is -1.95. The van der Waals surface area contributed by atoms with Gasteiger partial charge in [0.05, 0.1) is 0 Å². The largest absolute Gasteiger partial charge is 0.508 e. The molecule has 0 aliphatic heterocycles. The van der Waals surface area contributed by atoms with Crippen LogP contribution in [-0.4, -0.2) is 10.2 Å². The Morgan fingerprint density at radius 2 is 1.91 bits per heavy atom. The average Bonchev–Trinajstić information content (AvgIpc) is 1.93. The Kier molecular flexibility index (Phi) is 2.54. The number of carbonyl (C=O) groups is 1. The van der Waals surface area contributed by atoms with Crippen molar-refractivity contribution in [2.75, 3.05) is 0 Å². The fraction of sp³-hybridized carbons (Fsp3) is 0.125. The summed E-state index contributed by atoms with van der Waals surface area (Å²) in [6, 6.07) is 6.49. The van der Waals surface area contributed by atoms with Gasteiger partial charge in [-0.3, -0.25) is 4.79 Å². The zero-order valence-corrected chi connectivity index (χ0v) is 6.71. The van der Waals surface area contributed by atoms with E-state index in [-0.39, 0.29) is 10.9 Å². The Bertz CT molecular complexity index is 253. The molecule has 0 unspecified atom stereocenters. The topological polar surface area (TPSA) is 37.3 Å². The van der Waals surface area contributed by atoms with Gasteiger partial charge < -0.3 is 5.11 Å². The van der Waals surface area contributed by atoms with Gasteiger partial charge in [0.1, 0.15) is 5.75 Å². The first-order valence-electron chi connectivity index (χ1n) is 3.18. The number of benzene rings is 1. The van der Waals surface area contributed by atoms with Crippen LogP contribution in [0.25, 0.3) is 0 Å². The Morgan fingerprint density at radius 3 is 2.36 bits per heavy atom. The van der Waals surface area contributed by atoms with E-state index in [4.69, 9.17) is 5.11 Å². The van der Waals surface area contributed by atoms with Gasteiger partial charge in [-0.2, -0.15) is 0 Å². The molecule has 0 saturated carbocycles. The zero-order chi connectivity index (χ0) is 8.27.